The van der Waals surface area contributed by atoms with Gasteiger partial charge < -0.3 is 9.30 Å². The molecule has 2 aromatic carbocycles. The van der Waals surface area contributed by atoms with Crippen molar-refractivity contribution in [2.24, 2.45) is 7.05 Å². The first-order valence-corrected chi connectivity index (χ1v) is 8.88. The van der Waals surface area contributed by atoms with Crippen LogP contribution in [0.4, 0.5) is 0 Å². The van der Waals surface area contributed by atoms with E-state index in [0.29, 0.717) is 17.9 Å². The lowest BCUT2D eigenvalue weighted by molar-refractivity contribution is 0.343. The van der Waals surface area contributed by atoms with Crippen molar-refractivity contribution in [3.05, 3.63) is 59.7 Å². The second kappa shape index (κ2) is 7.86. The number of hydrogen-bond donors (Lipinski definition) is 0. The molecule has 0 spiro atoms. The van der Waals surface area contributed by atoms with Gasteiger partial charge in [-0.15, -0.1) is 10.2 Å². The van der Waals surface area contributed by atoms with Crippen LogP contribution in [-0.4, -0.2) is 27.1 Å². The van der Waals surface area contributed by atoms with E-state index in [1.54, 1.807) is 23.9 Å². The number of benzene rings is 2. The number of hydrogen-bond acceptors (Lipinski definition) is 5. The molecule has 0 saturated carbocycles. The van der Waals surface area contributed by atoms with E-state index in [1.165, 1.54) is 5.56 Å². The third kappa shape index (κ3) is 4.20. The third-order valence-electron chi connectivity index (χ3n) is 3.66. The van der Waals surface area contributed by atoms with Gasteiger partial charge in [-0.05, 0) is 31.2 Å². The van der Waals surface area contributed by atoms with Gasteiger partial charge in [-0.1, -0.05) is 41.6 Å². The normalized spacial score (nSPS) is 10.4. The Labute approximate surface area is 151 Å². The molecule has 1 aromatic heterocycles. The molecule has 0 amide bonds. The van der Waals surface area contributed by atoms with Crippen molar-refractivity contribution in [2.45, 2.75) is 12.1 Å². The molecule has 3 aromatic rings. The molecule has 1 heterocycles. The van der Waals surface area contributed by atoms with Crippen LogP contribution < -0.4 is 4.74 Å². The van der Waals surface area contributed by atoms with Crippen molar-refractivity contribution in [1.82, 2.24) is 14.8 Å². The molecule has 0 atom stereocenters. The fourth-order valence-electron chi connectivity index (χ4n) is 2.42. The number of aromatic nitrogens is 3. The number of nitriles is 1. The molecule has 25 heavy (non-hydrogen) atoms. The molecule has 0 N–H and O–H groups in total. The molecule has 0 bridgehead atoms. The molecule has 0 aliphatic heterocycles. The zero-order valence-corrected chi connectivity index (χ0v) is 15.0. The van der Waals surface area contributed by atoms with Crippen molar-refractivity contribution in [2.75, 3.05) is 12.4 Å². The Morgan fingerprint density at radius 3 is 2.80 bits per heavy atom. The molecule has 0 saturated heterocycles. The van der Waals surface area contributed by atoms with Crippen LogP contribution in [0, 0.1) is 18.3 Å². The van der Waals surface area contributed by atoms with Crippen molar-refractivity contribution < 1.29 is 4.74 Å². The Kier molecular flexibility index (Phi) is 5.36. The van der Waals surface area contributed by atoms with Gasteiger partial charge in [0.1, 0.15) is 5.75 Å². The fraction of sp³-hybridized carbons (Fsp3) is 0.211. The summed E-state index contributed by atoms with van der Waals surface area (Å²) in [5.74, 6) is 2.31. The van der Waals surface area contributed by atoms with Gasteiger partial charge in [-0.25, -0.2) is 0 Å². The number of thioether (sulfide) groups is 1. The van der Waals surface area contributed by atoms with Gasteiger partial charge in [0, 0.05) is 18.4 Å². The highest BCUT2D eigenvalue weighted by atomic mass is 32.2. The highest BCUT2D eigenvalue weighted by Gasteiger charge is 2.11. The summed E-state index contributed by atoms with van der Waals surface area (Å²) >= 11 is 1.60. The molecule has 0 radical (unpaired) electrons. The predicted octanol–water partition coefficient (Wildman–Crippen LogP) is 3.83. The first-order valence-electron chi connectivity index (χ1n) is 7.89. The summed E-state index contributed by atoms with van der Waals surface area (Å²) in [7, 11) is 1.97. The maximum absolute atomic E-state index is 8.90. The van der Waals surface area contributed by atoms with Gasteiger partial charge in [0.15, 0.2) is 11.0 Å². The zero-order valence-electron chi connectivity index (χ0n) is 14.1. The second-order valence-corrected chi connectivity index (χ2v) is 6.63. The summed E-state index contributed by atoms with van der Waals surface area (Å²) < 4.78 is 7.68. The van der Waals surface area contributed by atoms with Crippen LogP contribution in [0.15, 0.2) is 53.7 Å². The van der Waals surface area contributed by atoms with E-state index in [-0.39, 0.29) is 0 Å². The summed E-state index contributed by atoms with van der Waals surface area (Å²) in [6.07, 6.45) is 0. The molecule has 0 aliphatic carbocycles. The summed E-state index contributed by atoms with van der Waals surface area (Å²) in [4.78, 5) is 0. The van der Waals surface area contributed by atoms with E-state index in [9.17, 15) is 0 Å². The number of aryl methyl sites for hydroxylation is 1. The first kappa shape index (κ1) is 17.1. The average molecular weight is 350 g/mol. The van der Waals surface area contributed by atoms with Crippen LogP contribution in [0.2, 0.25) is 0 Å². The molecule has 0 fully saturated rings. The summed E-state index contributed by atoms with van der Waals surface area (Å²) in [5.41, 5.74) is 2.86. The Morgan fingerprint density at radius 2 is 2.00 bits per heavy atom. The lowest BCUT2D eigenvalue weighted by Crippen LogP contribution is -2.02. The molecule has 126 valence electrons. The highest BCUT2D eigenvalue weighted by Crippen LogP contribution is 2.23. The highest BCUT2D eigenvalue weighted by molar-refractivity contribution is 7.99. The first-order chi connectivity index (χ1) is 12.2. The van der Waals surface area contributed by atoms with E-state index in [4.69, 9.17) is 10.00 Å². The molecule has 5 nitrogen and oxygen atoms in total. The summed E-state index contributed by atoms with van der Waals surface area (Å²) in [5, 5.41) is 18.3. The maximum atomic E-state index is 8.90. The SMILES string of the molecule is Cc1cccc(-c2nnc(SCCOc3cccc(C#N)c3)n2C)c1. The Hall–Kier alpha value is -2.78. The van der Waals surface area contributed by atoms with Crippen molar-refractivity contribution in [3.63, 3.8) is 0 Å². The van der Waals surface area contributed by atoms with Crippen LogP contribution in [-0.2, 0) is 7.05 Å². The summed E-state index contributed by atoms with van der Waals surface area (Å²) in [6.45, 7) is 2.60. The van der Waals surface area contributed by atoms with Crippen LogP contribution >= 0.6 is 11.8 Å². The molecule has 0 unspecified atom stereocenters. The smallest absolute Gasteiger partial charge is 0.191 e. The average Bonchev–Trinajstić information content (AvgIpc) is 2.99. The quantitative estimate of drug-likeness (QED) is 0.499. The van der Waals surface area contributed by atoms with Crippen LogP contribution in [0.3, 0.4) is 0 Å². The third-order valence-corrected chi connectivity index (χ3v) is 4.64. The fourth-order valence-corrected chi connectivity index (χ4v) is 3.15. The number of ether oxygens (including phenoxy) is 1. The largest absolute Gasteiger partial charge is 0.493 e. The number of nitrogens with zero attached hydrogens (tertiary/aromatic N) is 4. The Balaban J connectivity index is 1.58. The monoisotopic (exact) mass is 350 g/mol. The van der Waals surface area contributed by atoms with Crippen molar-refractivity contribution >= 4 is 11.8 Å². The minimum absolute atomic E-state index is 0.534. The van der Waals surface area contributed by atoms with E-state index >= 15 is 0 Å². The van der Waals surface area contributed by atoms with E-state index in [2.05, 4.69) is 35.3 Å². The van der Waals surface area contributed by atoms with Crippen LogP contribution in [0.25, 0.3) is 11.4 Å². The lowest BCUT2D eigenvalue weighted by atomic mass is 10.1. The molecule has 6 heteroatoms. The van der Waals surface area contributed by atoms with E-state index < -0.39 is 0 Å². The van der Waals surface area contributed by atoms with Gasteiger partial charge in [0.25, 0.3) is 0 Å². The van der Waals surface area contributed by atoms with Gasteiger partial charge in [-0.2, -0.15) is 5.26 Å². The second-order valence-electron chi connectivity index (χ2n) is 5.57. The standard InChI is InChI=1S/C19H18N4OS/c1-14-5-3-7-16(11-14)18-21-22-19(23(18)2)25-10-9-24-17-8-4-6-15(12-17)13-20/h3-8,11-12H,9-10H2,1-2H3. The van der Waals surface area contributed by atoms with Crippen molar-refractivity contribution in [3.8, 4) is 23.2 Å². The van der Waals surface area contributed by atoms with Crippen molar-refractivity contribution in [1.29, 1.82) is 5.26 Å². The van der Waals surface area contributed by atoms with Crippen LogP contribution in [0.5, 0.6) is 5.75 Å². The molecule has 3 rings (SSSR count). The van der Waals surface area contributed by atoms with Gasteiger partial charge in [-0.3, -0.25) is 0 Å². The Morgan fingerprint density at radius 1 is 1.16 bits per heavy atom. The van der Waals surface area contributed by atoms with Crippen LogP contribution in [0.1, 0.15) is 11.1 Å². The summed E-state index contributed by atoms with van der Waals surface area (Å²) in [6, 6.07) is 17.5. The van der Waals surface area contributed by atoms with Gasteiger partial charge in [0.05, 0.1) is 18.2 Å². The van der Waals surface area contributed by atoms with E-state index in [1.807, 2.05) is 35.9 Å². The topological polar surface area (TPSA) is 63.7 Å². The molecule has 0 aliphatic rings. The van der Waals surface area contributed by atoms with E-state index in [0.717, 1.165) is 22.3 Å². The predicted molar refractivity (Wildman–Crippen MR) is 98.6 cm³/mol. The minimum atomic E-state index is 0.534. The maximum Gasteiger partial charge on any atom is 0.191 e. The van der Waals surface area contributed by atoms with Gasteiger partial charge in [0.2, 0.25) is 0 Å². The number of rotatable bonds is 6. The lowest BCUT2D eigenvalue weighted by Gasteiger charge is -2.07. The Bertz CT molecular complexity index is 914. The zero-order chi connectivity index (χ0) is 17.6. The molecular formula is C19H18N4OS. The molecular weight excluding hydrogens is 332 g/mol. The van der Waals surface area contributed by atoms with Gasteiger partial charge >= 0.3 is 0 Å². The minimum Gasteiger partial charge on any atom is -0.493 e.